The van der Waals surface area contributed by atoms with Gasteiger partial charge in [0.25, 0.3) is 5.91 Å². The third-order valence-corrected chi connectivity index (χ3v) is 5.05. The van der Waals surface area contributed by atoms with Crippen molar-refractivity contribution in [3.63, 3.8) is 0 Å². The largest absolute Gasteiger partial charge is 0.344 e. The van der Waals surface area contributed by atoms with E-state index in [-0.39, 0.29) is 17.8 Å². The molecule has 1 atom stereocenters. The van der Waals surface area contributed by atoms with Crippen LogP contribution in [0.4, 0.5) is 4.39 Å². The molecule has 1 unspecified atom stereocenters. The van der Waals surface area contributed by atoms with Gasteiger partial charge in [0, 0.05) is 12.6 Å². The summed E-state index contributed by atoms with van der Waals surface area (Å²) in [6.45, 7) is 0. The molecule has 1 amide bonds. The van der Waals surface area contributed by atoms with Gasteiger partial charge in [-0.15, -0.1) is 0 Å². The predicted octanol–water partition coefficient (Wildman–Crippen LogP) is 4.94. The van der Waals surface area contributed by atoms with Crippen LogP contribution in [0.2, 0.25) is 0 Å². The quantitative estimate of drug-likeness (QED) is 0.499. The summed E-state index contributed by atoms with van der Waals surface area (Å²) in [6, 6.07) is 27.7. The molecular formula is C25H22FN3O. The summed E-state index contributed by atoms with van der Waals surface area (Å²) in [5.41, 5.74) is 3.33. The van der Waals surface area contributed by atoms with Gasteiger partial charge < -0.3 is 5.32 Å². The van der Waals surface area contributed by atoms with Crippen molar-refractivity contribution in [2.75, 3.05) is 0 Å². The van der Waals surface area contributed by atoms with Crippen LogP contribution in [0.5, 0.6) is 0 Å². The number of rotatable bonds is 6. The van der Waals surface area contributed by atoms with Crippen LogP contribution < -0.4 is 5.32 Å². The van der Waals surface area contributed by atoms with Crippen molar-refractivity contribution in [2.24, 2.45) is 7.05 Å². The summed E-state index contributed by atoms with van der Waals surface area (Å²) in [5.74, 6) is -0.619. The van der Waals surface area contributed by atoms with Gasteiger partial charge in [0.2, 0.25) is 0 Å². The number of amides is 1. The van der Waals surface area contributed by atoms with Crippen molar-refractivity contribution in [1.82, 2.24) is 15.1 Å². The molecule has 4 nitrogen and oxygen atoms in total. The minimum atomic E-state index is -0.367. The molecule has 0 saturated heterocycles. The van der Waals surface area contributed by atoms with Gasteiger partial charge in [-0.25, -0.2) is 4.39 Å². The van der Waals surface area contributed by atoms with Crippen molar-refractivity contribution in [2.45, 2.75) is 12.5 Å². The van der Waals surface area contributed by atoms with E-state index in [4.69, 9.17) is 0 Å². The van der Waals surface area contributed by atoms with E-state index in [0.29, 0.717) is 23.4 Å². The zero-order valence-electron chi connectivity index (χ0n) is 16.6. The highest BCUT2D eigenvalue weighted by Crippen LogP contribution is 2.23. The topological polar surface area (TPSA) is 46.9 Å². The molecule has 1 N–H and O–H groups in total. The van der Waals surface area contributed by atoms with Gasteiger partial charge in [-0.05, 0) is 35.7 Å². The second-order valence-corrected chi connectivity index (χ2v) is 7.14. The zero-order chi connectivity index (χ0) is 20.9. The molecule has 4 aromatic rings. The molecule has 4 rings (SSSR count). The second-order valence-electron chi connectivity index (χ2n) is 7.14. The maximum atomic E-state index is 14.1. The number of carbonyl (C=O) groups is 1. The number of benzene rings is 3. The molecule has 0 radical (unpaired) electrons. The Balaban J connectivity index is 1.61. The van der Waals surface area contributed by atoms with E-state index < -0.39 is 0 Å². The summed E-state index contributed by atoms with van der Waals surface area (Å²) in [7, 11) is 1.69. The Bertz CT molecular complexity index is 1140. The highest BCUT2D eigenvalue weighted by Gasteiger charge is 2.20. The Kier molecular flexibility index (Phi) is 5.70. The van der Waals surface area contributed by atoms with Crippen LogP contribution in [0, 0.1) is 5.82 Å². The molecule has 0 saturated carbocycles. The van der Waals surface area contributed by atoms with Gasteiger partial charge in [0.1, 0.15) is 11.5 Å². The number of nitrogens with zero attached hydrogens (tertiary/aromatic N) is 2. The third-order valence-electron chi connectivity index (χ3n) is 5.05. The van der Waals surface area contributed by atoms with Crippen LogP contribution in [-0.4, -0.2) is 15.7 Å². The van der Waals surface area contributed by atoms with Crippen LogP contribution in [0.1, 0.15) is 27.7 Å². The van der Waals surface area contributed by atoms with Crippen LogP contribution in [0.3, 0.4) is 0 Å². The van der Waals surface area contributed by atoms with E-state index in [0.717, 1.165) is 11.1 Å². The highest BCUT2D eigenvalue weighted by molar-refractivity contribution is 5.94. The Morgan fingerprint density at radius 2 is 1.60 bits per heavy atom. The summed E-state index contributed by atoms with van der Waals surface area (Å²) in [4.78, 5) is 13.1. The number of aryl methyl sites for hydroxylation is 1. The number of hydrogen-bond donors (Lipinski definition) is 1. The molecule has 5 heteroatoms. The molecule has 0 bridgehead atoms. The SMILES string of the molecule is Cn1nc(-c2ccccc2F)cc1C(=O)NC(Cc1ccccc1)c1ccccc1. The van der Waals surface area contributed by atoms with E-state index in [1.165, 1.54) is 10.7 Å². The first-order valence-electron chi connectivity index (χ1n) is 9.80. The van der Waals surface area contributed by atoms with Crippen molar-refractivity contribution in [1.29, 1.82) is 0 Å². The van der Waals surface area contributed by atoms with Crippen LogP contribution in [0.15, 0.2) is 91.0 Å². The first-order valence-corrected chi connectivity index (χ1v) is 9.80. The van der Waals surface area contributed by atoms with E-state index >= 15 is 0 Å². The Morgan fingerprint density at radius 1 is 0.967 bits per heavy atom. The Labute approximate surface area is 175 Å². The fourth-order valence-corrected chi connectivity index (χ4v) is 3.50. The molecule has 150 valence electrons. The lowest BCUT2D eigenvalue weighted by molar-refractivity contribution is 0.0927. The van der Waals surface area contributed by atoms with E-state index in [9.17, 15) is 9.18 Å². The Morgan fingerprint density at radius 3 is 2.30 bits per heavy atom. The van der Waals surface area contributed by atoms with Crippen molar-refractivity contribution in [3.8, 4) is 11.3 Å². The van der Waals surface area contributed by atoms with Crippen molar-refractivity contribution in [3.05, 3.63) is 114 Å². The molecular weight excluding hydrogens is 377 g/mol. The smallest absolute Gasteiger partial charge is 0.270 e. The summed E-state index contributed by atoms with van der Waals surface area (Å²) < 4.78 is 15.6. The lowest BCUT2D eigenvalue weighted by Gasteiger charge is -2.19. The van der Waals surface area contributed by atoms with Crippen molar-refractivity contribution < 1.29 is 9.18 Å². The van der Waals surface area contributed by atoms with Crippen molar-refractivity contribution >= 4 is 5.91 Å². The molecule has 1 heterocycles. The molecule has 3 aromatic carbocycles. The second kappa shape index (κ2) is 8.74. The molecule has 0 spiro atoms. The molecule has 30 heavy (non-hydrogen) atoms. The van der Waals surface area contributed by atoms with Crippen LogP contribution in [-0.2, 0) is 13.5 Å². The average molecular weight is 399 g/mol. The van der Waals surface area contributed by atoms with E-state index in [2.05, 4.69) is 10.4 Å². The Hall–Kier alpha value is -3.73. The maximum Gasteiger partial charge on any atom is 0.270 e. The van der Waals surface area contributed by atoms with Gasteiger partial charge >= 0.3 is 0 Å². The van der Waals surface area contributed by atoms with Gasteiger partial charge in [0.05, 0.1) is 11.7 Å². The highest BCUT2D eigenvalue weighted by atomic mass is 19.1. The third kappa shape index (κ3) is 4.30. The van der Waals surface area contributed by atoms with Crippen LogP contribution >= 0.6 is 0 Å². The first-order chi connectivity index (χ1) is 14.6. The minimum absolute atomic E-state index is 0.201. The summed E-state index contributed by atoms with van der Waals surface area (Å²) in [6.07, 6.45) is 0.661. The number of carbonyl (C=O) groups excluding carboxylic acids is 1. The first kappa shape index (κ1) is 19.6. The van der Waals surface area contributed by atoms with E-state index in [1.807, 2.05) is 60.7 Å². The number of halogens is 1. The molecule has 0 aliphatic rings. The fourth-order valence-electron chi connectivity index (χ4n) is 3.50. The van der Waals surface area contributed by atoms with Gasteiger partial charge in [-0.2, -0.15) is 5.10 Å². The minimum Gasteiger partial charge on any atom is -0.344 e. The van der Waals surface area contributed by atoms with E-state index in [1.54, 1.807) is 31.3 Å². The summed E-state index contributed by atoms with van der Waals surface area (Å²) >= 11 is 0. The fraction of sp³-hybridized carbons (Fsp3) is 0.120. The molecule has 1 aromatic heterocycles. The number of nitrogens with one attached hydrogen (secondary N) is 1. The molecule has 0 aliphatic carbocycles. The lowest BCUT2D eigenvalue weighted by Crippen LogP contribution is -2.31. The average Bonchev–Trinajstić information content (AvgIpc) is 3.16. The van der Waals surface area contributed by atoms with Gasteiger partial charge in [-0.3, -0.25) is 9.48 Å². The normalized spacial score (nSPS) is 11.8. The predicted molar refractivity (Wildman–Crippen MR) is 115 cm³/mol. The maximum absolute atomic E-state index is 14.1. The molecule has 0 fully saturated rings. The monoisotopic (exact) mass is 399 g/mol. The molecule has 0 aliphatic heterocycles. The van der Waals surface area contributed by atoms with Gasteiger partial charge in [-0.1, -0.05) is 72.8 Å². The number of aromatic nitrogens is 2. The summed E-state index contributed by atoms with van der Waals surface area (Å²) in [5, 5.41) is 7.47. The van der Waals surface area contributed by atoms with Crippen LogP contribution in [0.25, 0.3) is 11.3 Å². The number of hydrogen-bond acceptors (Lipinski definition) is 2. The zero-order valence-corrected chi connectivity index (χ0v) is 16.6. The van der Waals surface area contributed by atoms with Gasteiger partial charge in [0.15, 0.2) is 0 Å². The standard InChI is InChI=1S/C25H22FN3O/c1-29-24(17-23(28-29)20-14-8-9-15-21(20)26)25(30)27-22(19-12-6-3-7-13-19)16-18-10-4-2-5-11-18/h2-15,17,22H,16H2,1H3,(H,27,30). The lowest BCUT2D eigenvalue weighted by atomic mass is 9.98.